The van der Waals surface area contributed by atoms with E-state index in [4.69, 9.17) is 4.42 Å². The van der Waals surface area contributed by atoms with Crippen LogP contribution in [0.3, 0.4) is 0 Å². The largest absolute Gasteiger partial charge is 0.463 e. The first-order chi connectivity index (χ1) is 7.18. The molecule has 76 valence electrons. The molecule has 0 aliphatic carbocycles. The van der Waals surface area contributed by atoms with E-state index in [0.717, 1.165) is 15.8 Å². The Morgan fingerprint density at radius 1 is 1.20 bits per heavy atom. The van der Waals surface area contributed by atoms with Gasteiger partial charge in [-0.05, 0) is 28.9 Å². The lowest BCUT2D eigenvalue weighted by Crippen LogP contribution is -1.90. The number of carbonyl (C=O) groups is 1. The van der Waals surface area contributed by atoms with Gasteiger partial charge in [-0.15, -0.1) is 0 Å². The van der Waals surface area contributed by atoms with Crippen molar-refractivity contribution in [2.45, 2.75) is 6.92 Å². The zero-order valence-electron chi connectivity index (χ0n) is 8.16. The van der Waals surface area contributed by atoms with E-state index >= 15 is 0 Å². The molecule has 1 heterocycles. The topological polar surface area (TPSA) is 30.2 Å². The van der Waals surface area contributed by atoms with Gasteiger partial charge in [0.25, 0.3) is 0 Å². The van der Waals surface area contributed by atoms with E-state index in [1.165, 1.54) is 0 Å². The van der Waals surface area contributed by atoms with Crippen LogP contribution in [0.1, 0.15) is 17.3 Å². The predicted molar refractivity (Wildman–Crippen MR) is 61.8 cm³/mol. The lowest BCUT2D eigenvalue weighted by atomic mass is 10.1. The molecule has 2 rings (SSSR count). The van der Waals surface area contributed by atoms with Gasteiger partial charge in [-0.25, -0.2) is 0 Å². The van der Waals surface area contributed by atoms with Crippen molar-refractivity contribution >= 4 is 21.7 Å². The van der Waals surface area contributed by atoms with Crippen molar-refractivity contribution in [1.29, 1.82) is 0 Å². The standard InChI is InChI=1S/C12H9BrO2/c1-8(14)9-2-4-10(5-3-9)12-11(13)6-7-15-12/h2-7H,1H3. The highest BCUT2D eigenvalue weighted by molar-refractivity contribution is 9.10. The van der Waals surface area contributed by atoms with Gasteiger partial charge in [-0.2, -0.15) is 0 Å². The first-order valence-corrected chi connectivity index (χ1v) is 5.32. The normalized spacial score (nSPS) is 10.3. The monoisotopic (exact) mass is 264 g/mol. The first-order valence-electron chi connectivity index (χ1n) is 4.53. The van der Waals surface area contributed by atoms with E-state index in [0.29, 0.717) is 5.56 Å². The number of carbonyl (C=O) groups excluding carboxylic acids is 1. The Kier molecular flexibility index (Phi) is 2.73. The van der Waals surface area contributed by atoms with Gasteiger partial charge in [0.1, 0.15) is 5.76 Å². The summed E-state index contributed by atoms with van der Waals surface area (Å²) in [4.78, 5) is 11.1. The van der Waals surface area contributed by atoms with Gasteiger partial charge in [0.2, 0.25) is 0 Å². The van der Waals surface area contributed by atoms with Crippen molar-refractivity contribution in [2.24, 2.45) is 0 Å². The average molecular weight is 265 g/mol. The number of ketones is 1. The quantitative estimate of drug-likeness (QED) is 0.770. The zero-order valence-corrected chi connectivity index (χ0v) is 9.74. The maximum atomic E-state index is 11.1. The van der Waals surface area contributed by atoms with Crippen LogP contribution >= 0.6 is 15.9 Å². The number of rotatable bonds is 2. The van der Waals surface area contributed by atoms with Crippen molar-refractivity contribution in [2.75, 3.05) is 0 Å². The minimum atomic E-state index is 0.0695. The summed E-state index contributed by atoms with van der Waals surface area (Å²) in [6.07, 6.45) is 1.62. The first kappa shape index (κ1) is 10.2. The molecule has 1 aromatic heterocycles. The summed E-state index contributed by atoms with van der Waals surface area (Å²) < 4.78 is 6.23. The molecule has 0 spiro atoms. The molecule has 2 nitrogen and oxygen atoms in total. The Labute approximate surface area is 96.0 Å². The number of hydrogen-bond donors (Lipinski definition) is 0. The number of furan rings is 1. The number of hydrogen-bond acceptors (Lipinski definition) is 2. The highest BCUT2D eigenvalue weighted by Gasteiger charge is 2.06. The molecule has 0 atom stereocenters. The molecule has 1 aromatic carbocycles. The van der Waals surface area contributed by atoms with Crippen LogP contribution in [0.5, 0.6) is 0 Å². The second kappa shape index (κ2) is 4.03. The predicted octanol–water partition coefficient (Wildman–Crippen LogP) is 3.91. The van der Waals surface area contributed by atoms with E-state index in [2.05, 4.69) is 15.9 Å². The lowest BCUT2D eigenvalue weighted by Gasteiger charge is -1.99. The molecule has 0 fully saturated rings. The Balaban J connectivity index is 2.40. The third-order valence-corrected chi connectivity index (χ3v) is 2.80. The zero-order chi connectivity index (χ0) is 10.8. The van der Waals surface area contributed by atoms with Crippen LogP contribution in [0, 0.1) is 0 Å². The second-order valence-corrected chi connectivity index (χ2v) is 4.09. The molecule has 0 amide bonds. The number of benzene rings is 1. The van der Waals surface area contributed by atoms with E-state index in [1.807, 2.05) is 18.2 Å². The molecular weight excluding hydrogens is 256 g/mol. The van der Waals surface area contributed by atoms with Gasteiger partial charge in [-0.3, -0.25) is 4.79 Å². The third-order valence-electron chi connectivity index (χ3n) is 2.17. The van der Waals surface area contributed by atoms with Crippen LogP contribution in [0.25, 0.3) is 11.3 Å². The molecule has 0 radical (unpaired) electrons. The van der Waals surface area contributed by atoms with Crippen molar-refractivity contribution in [3.05, 3.63) is 46.6 Å². The van der Waals surface area contributed by atoms with E-state index in [9.17, 15) is 4.79 Å². The summed E-state index contributed by atoms with van der Waals surface area (Å²) in [5.41, 5.74) is 1.67. The molecule has 0 saturated heterocycles. The lowest BCUT2D eigenvalue weighted by molar-refractivity contribution is 0.101. The maximum absolute atomic E-state index is 11.1. The molecule has 3 heteroatoms. The van der Waals surface area contributed by atoms with Crippen molar-refractivity contribution in [3.8, 4) is 11.3 Å². The van der Waals surface area contributed by atoms with E-state index in [1.54, 1.807) is 25.3 Å². The molecule has 0 saturated carbocycles. The van der Waals surface area contributed by atoms with Crippen LogP contribution in [-0.4, -0.2) is 5.78 Å². The summed E-state index contributed by atoms with van der Waals surface area (Å²) in [5.74, 6) is 0.852. The van der Waals surface area contributed by atoms with Crippen molar-refractivity contribution in [3.63, 3.8) is 0 Å². The molecule has 0 aliphatic heterocycles. The summed E-state index contributed by atoms with van der Waals surface area (Å²) >= 11 is 3.39. The highest BCUT2D eigenvalue weighted by Crippen LogP contribution is 2.29. The molecule has 0 N–H and O–H groups in total. The maximum Gasteiger partial charge on any atom is 0.159 e. The van der Waals surface area contributed by atoms with Crippen LogP contribution in [0.4, 0.5) is 0 Å². The van der Waals surface area contributed by atoms with Gasteiger partial charge >= 0.3 is 0 Å². The summed E-state index contributed by atoms with van der Waals surface area (Å²) in [7, 11) is 0. The van der Waals surface area contributed by atoms with Crippen molar-refractivity contribution in [1.82, 2.24) is 0 Å². The van der Waals surface area contributed by atoms with Gasteiger partial charge in [-0.1, -0.05) is 24.3 Å². The van der Waals surface area contributed by atoms with Gasteiger partial charge in [0, 0.05) is 11.1 Å². The summed E-state index contributed by atoms with van der Waals surface area (Å²) in [6, 6.07) is 9.19. The van der Waals surface area contributed by atoms with Crippen LogP contribution in [0.15, 0.2) is 45.5 Å². The molecule has 0 unspecified atom stereocenters. The molecular formula is C12H9BrO2. The summed E-state index contributed by atoms with van der Waals surface area (Å²) in [5, 5.41) is 0. The van der Waals surface area contributed by atoms with E-state index in [-0.39, 0.29) is 5.78 Å². The number of Topliss-reactive ketones (excluding diaryl/α,β-unsaturated/α-hetero) is 1. The van der Waals surface area contributed by atoms with Crippen LogP contribution in [0.2, 0.25) is 0 Å². The Morgan fingerprint density at radius 3 is 2.33 bits per heavy atom. The second-order valence-electron chi connectivity index (χ2n) is 3.23. The summed E-state index contributed by atoms with van der Waals surface area (Å²) in [6.45, 7) is 1.55. The average Bonchev–Trinajstić information content (AvgIpc) is 2.65. The van der Waals surface area contributed by atoms with Gasteiger partial charge in [0.15, 0.2) is 5.78 Å². The fourth-order valence-corrected chi connectivity index (χ4v) is 1.79. The van der Waals surface area contributed by atoms with Crippen LogP contribution in [-0.2, 0) is 0 Å². The fraction of sp³-hybridized carbons (Fsp3) is 0.0833. The Morgan fingerprint density at radius 2 is 1.87 bits per heavy atom. The smallest absolute Gasteiger partial charge is 0.159 e. The molecule has 2 aromatic rings. The highest BCUT2D eigenvalue weighted by atomic mass is 79.9. The Hall–Kier alpha value is -1.35. The van der Waals surface area contributed by atoms with Crippen molar-refractivity contribution < 1.29 is 9.21 Å². The van der Waals surface area contributed by atoms with Crippen LogP contribution < -0.4 is 0 Å². The fourth-order valence-electron chi connectivity index (χ4n) is 1.36. The van der Waals surface area contributed by atoms with Gasteiger partial charge in [0.05, 0.1) is 10.7 Å². The minimum absolute atomic E-state index is 0.0695. The van der Waals surface area contributed by atoms with E-state index < -0.39 is 0 Å². The Bertz CT molecular complexity index is 483. The molecule has 0 bridgehead atoms. The number of halogens is 1. The molecule has 0 aliphatic rings. The molecule has 15 heavy (non-hydrogen) atoms. The minimum Gasteiger partial charge on any atom is -0.463 e. The van der Waals surface area contributed by atoms with Gasteiger partial charge < -0.3 is 4.42 Å². The SMILES string of the molecule is CC(=O)c1ccc(-c2occc2Br)cc1. The third kappa shape index (κ3) is 2.02.